The molecule has 0 aromatic heterocycles. The number of para-hydroxylation sites is 1. The monoisotopic (exact) mass is 317 g/mol. The van der Waals surface area contributed by atoms with E-state index < -0.39 is 0 Å². The second kappa shape index (κ2) is 7.31. The summed E-state index contributed by atoms with van der Waals surface area (Å²) in [6.45, 7) is 5.54. The number of ether oxygens (including phenoxy) is 2. The quantitative estimate of drug-likeness (QED) is 0.848. The van der Waals surface area contributed by atoms with Crippen molar-refractivity contribution in [1.29, 1.82) is 0 Å². The number of carbonyl (C=O) groups is 2. The highest BCUT2D eigenvalue weighted by Crippen LogP contribution is 2.38. The zero-order valence-corrected chi connectivity index (χ0v) is 14.0. The van der Waals surface area contributed by atoms with Gasteiger partial charge in [-0.15, -0.1) is 0 Å². The fraction of sp³-hybridized carbons (Fsp3) is 0.444. The third-order valence-corrected chi connectivity index (χ3v) is 4.09. The molecule has 1 aliphatic rings. The maximum absolute atomic E-state index is 12.6. The first-order valence-electron chi connectivity index (χ1n) is 7.82. The molecule has 0 spiro atoms. The van der Waals surface area contributed by atoms with Crippen LogP contribution in [0.15, 0.2) is 35.5 Å². The lowest BCUT2D eigenvalue weighted by molar-refractivity contribution is -0.144. The maximum Gasteiger partial charge on any atom is 0.336 e. The van der Waals surface area contributed by atoms with Crippen molar-refractivity contribution in [2.45, 2.75) is 45.6 Å². The van der Waals surface area contributed by atoms with Crippen molar-refractivity contribution in [3.8, 4) is 5.75 Å². The molecule has 1 heterocycles. The minimum absolute atomic E-state index is 0.113. The minimum Gasteiger partial charge on any atom is -0.496 e. The fourth-order valence-corrected chi connectivity index (χ4v) is 2.72. The number of hydrogen-bond acceptors (Lipinski definition) is 4. The Bertz CT molecular complexity index is 636. The summed E-state index contributed by atoms with van der Waals surface area (Å²) in [4.78, 5) is 24.6. The lowest BCUT2D eigenvalue weighted by Crippen LogP contribution is -2.35. The Labute approximate surface area is 136 Å². The van der Waals surface area contributed by atoms with Gasteiger partial charge in [0.25, 0.3) is 0 Å². The van der Waals surface area contributed by atoms with E-state index in [4.69, 9.17) is 9.47 Å². The van der Waals surface area contributed by atoms with E-state index in [-0.39, 0.29) is 30.3 Å². The van der Waals surface area contributed by atoms with E-state index in [0.717, 1.165) is 12.0 Å². The van der Waals surface area contributed by atoms with Crippen LogP contribution in [-0.4, -0.2) is 25.1 Å². The van der Waals surface area contributed by atoms with Crippen LogP contribution in [0.5, 0.6) is 5.75 Å². The number of esters is 1. The van der Waals surface area contributed by atoms with Gasteiger partial charge in [-0.2, -0.15) is 0 Å². The molecule has 1 amide bonds. The van der Waals surface area contributed by atoms with Crippen LogP contribution in [0.2, 0.25) is 0 Å². The van der Waals surface area contributed by atoms with Gasteiger partial charge in [-0.3, -0.25) is 4.79 Å². The Balaban J connectivity index is 2.44. The normalized spacial score (nSPS) is 19.1. The molecule has 1 aromatic carbocycles. The topological polar surface area (TPSA) is 64.6 Å². The molecule has 0 saturated heterocycles. The fourth-order valence-electron chi connectivity index (χ4n) is 2.72. The van der Waals surface area contributed by atoms with Crippen LogP contribution < -0.4 is 10.1 Å². The summed E-state index contributed by atoms with van der Waals surface area (Å²) in [5.74, 6) is -0.198. The molecular formula is C18H23NO4. The third-order valence-electron chi connectivity index (χ3n) is 4.09. The lowest BCUT2D eigenvalue weighted by atomic mass is 9.84. The van der Waals surface area contributed by atoms with E-state index in [1.807, 2.05) is 38.1 Å². The zero-order chi connectivity index (χ0) is 17.0. The van der Waals surface area contributed by atoms with Gasteiger partial charge in [0, 0.05) is 23.6 Å². The van der Waals surface area contributed by atoms with Gasteiger partial charge in [-0.1, -0.05) is 25.1 Å². The molecule has 0 bridgehead atoms. The second-order valence-electron chi connectivity index (χ2n) is 5.71. The van der Waals surface area contributed by atoms with Crippen LogP contribution in [0.3, 0.4) is 0 Å². The minimum atomic E-state index is -0.382. The van der Waals surface area contributed by atoms with Crippen LogP contribution in [0.25, 0.3) is 0 Å². The number of benzene rings is 1. The first-order valence-corrected chi connectivity index (χ1v) is 7.82. The summed E-state index contributed by atoms with van der Waals surface area (Å²) in [7, 11) is 1.58. The summed E-state index contributed by atoms with van der Waals surface area (Å²) in [6.07, 6.45) is 0.769. The van der Waals surface area contributed by atoms with Gasteiger partial charge in [-0.25, -0.2) is 4.79 Å². The Morgan fingerprint density at radius 2 is 2.09 bits per heavy atom. The summed E-state index contributed by atoms with van der Waals surface area (Å²) >= 11 is 0. The van der Waals surface area contributed by atoms with Crippen molar-refractivity contribution in [1.82, 2.24) is 5.32 Å². The van der Waals surface area contributed by atoms with Gasteiger partial charge in [0.1, 0.15) is 5.75 Å². The van der Waals surface area contributed by atoms with Crippen LogP contribution >= 0.6 is 0 Å². The number of allylic oxidation sites excluding steroid dienone is 1. The molecule has 0 fully saturated rings. The van der Waals surface area contributed by atoms with Crippen molar-refractivity contribution in [3.05, 3.63) is 41.1 Å². The Kier molecular flexibility index (Phi) is 5.42. The van der Waals surface area contributed by atoms with E-state index in [1.165, 1.54) is 0 Å². The van der Waals surface area contributed by atoms with Gasteiger partial charge in [-0.05, 0) is 26.3 Å². The molecule has 5 nitrogen and oxygen atoms in total. The highest BCUT2D eigenvalue weighted by Gasteiger charge is 2.34. The van der Waals surface area contributed by atoms with Crippen molar-refractivity contribution in [2.75, 3.05) is 7.11 Å². The largest absolute Gasteiger partial charge is 0.496 e. The molecular weight excluding hydrogens is 294 g/mol. The van der Waals surface area contributed by atoms with Crippen LogP contribution in [-0.2, 0) is 14.3 Å². The smallest absolute Gasteiger partial charge is 0.336 e. The summed E-state index contributed by atoms with van der Waals surface area (Å²) in [6, 6.07) is 7.44. The van der Waals surface area contributed by atoms with Crippen molar-refractivity contribution < 1.29 is 19.1 Å². The predicted octanol–water partition coefficient (Wildman–Crippen LogP) is 2.91. The van der Waals surface area contributed by atoms with E-state index in [2.05, 4.69) is 5.32 Å². The Hall–Kier alpha value is -2.30. The number of hydrogen-bond donors (Lipinski definition) is 1. The first kappa shape index (κ1) is 17.1. The van der Waals surface area contributed by atoms with Gasteiger partial charge in [0.15, 0.2) is 0 Å². The number of nitrogens with one attached hydrogen (secondary N) is 1. The highest BCUT2D eigenvalue weighted by atomic mass is 16.5. The van der Waals surface area contributed by atoms with Crippen molar-refractivity contribution >= 4 is 11.9 Å². The van der Waals surface area contributed by atoms with Gasteiger partial charge in [0.05, 0.1) is 18.8 Å². The van der Waals surface area contributed by atoms with E-state index in [0.29, 0.717) is 17.0 Å². The van der Waals surface area contributed by atoms with Crippen LogP contribution in [0.1, 0.15) is 45.1 Å². The second-order valence-corrected chi connectivity index (χ2v) is 5.71. The molecule has 1 aliphatic heterocycles. The molecule has 23 heavy (non-hydrogen) atoms. The van der Waals surface area contributed by atoms with E-state index >= 15 is 0 Å². The molecule has 0 unspecified atom stereocenters. The lowest BCUT2D eigenvalue weighted by Gasteiger charge is -2.28. The molecule has 0 aliphatic carbocycles. The molecule has 1 N–H and O–H groups in total. The molecule has 124 valence electrons. The van der Waals surface area contributed by atoms with Gasteiger partial charge in [0.2, 0.25) is 5.91 Å². The Morgan fingerprint density at radius 1 is 1.39 bits per heavy atom. The molecule has 2 rings (SSSR count). The van der Waals surface area contributed by atoms with E-state index in [1.54, 1.807) is 14.0 Å². The number of rotatable bonds is 5. The number of methoxy groups -OCH3 is 1. The average molecular weight is 317 g/mol. The standard InChI is InChI=1S/C18H23NO4/c1-5-11(2)23-18(21)17-12(3)19-16(20)10-14(17)13-8-6-7-9-15(13)22-4/h6-9,11,14H,5,10H2,1-4H3,(H,19,20)/t11-,14+/m0/s1. The third kappa shape index (κ3) is 3.73. The number of carbonyl (C=O) groups excluding carboxylic acids is 2. The SMILES string of the molecule is CC[C@H](C)OC(=O)C1=C(C)NC(=O)C[C@@H]1c1ccccc1OC. The summed E-state index contributed by atoms with van der Waals surface area (Å²) < 4.78 is 10.9. The average Bonchev–Trinajstić information content (AvgIpc) is 2.53. The van der Waals surface area contributed by atoms with Crippen molar-refractivity contribution in [3.63, 3.8) is 0 Å². The van der Waals surface area contributed by atoms with Crippen molar-refractivity contribution in [2.24, 2.45) is 0 Å². The number of amides is 1. The van der Waals surface area contributed by atoms with E-state index in [9.17, 15) is 9.59 Å². The maximum atomic E-state index is 12.6. The first-order chi connectivity index (χ1) is 11.0. The molecule has 0 saturated carbocycles. The molecule has 0 radical (unpaired) electrons. The Morgan fingerprint density at radius 3 is 2.74 bits per heavy atom. The van der Waals surface area contributed by atoms with Gasteiger partial charge < -0.3 is 14.8 Å². The zero-order valence-electron chi connectivity index (χ0n) is 14.0. The molecule has 1 aromatic rings. The van der Waals surface area contributed by atoms with Gasteiger partial charge >= 0.3 is 5.97 Å². The summed E-state index contributed by atoms with van der Waals surface area (Å²) in [5, 5.41) is 2.74. The molecule has 2 atom stereocenters. The molecule has 5 heteroatoms. The van der Waals surface area contributed by atoms with Crippen LogP contribution in [0, 0.1) is 0 Å². The highest BCUT2D eigenvalue weighted by molar-refractivity contribution is 5.96. The summed E-state index contributed by atoms with van der Waals surface area (Å²) in [5.41, 5.74) is 1.86. The van der Waals surface area contributed by atoms with Crippen LogP contribution in [0.4, 0.5) is 0 Å². The predicted molar refractivity (Wildman–Crippen MR) is 87.0 cm³/mol.